The lowest BCUT2D eigenvalue weighted by atomic mass is 9.70. The number of fused-ring (bicyclic) bond motifs is 2. The van der Waals surface area contributed by atoms with Crippen LogP contribution in [0.25, 0.3) is 0 Å². The maximum Gasteiger partial charge on any atom is 0.215 e. The second kappa shape index (κ2) is 6.78. The molecule has 2 aliphatic rings. The van der Waals surface area contributed by atoms with Gasteiger partial charge in [0, 0.05) is 39.1 Å². The van der Waals surface area contributed by atoms with Gasteiger partial charge in [0.2, 0.25) is 10.0 Å². The van der Waals surface area contributed by atoms with Crippen molar-refractivity contribution < 1.29 is 22.7 Å². The molecule has 2 bridgehead atoms. The van der Waals surface area contributed by atoms with E-state index in [1.165, 1.54) is 4.31 Å². The molecule has 6 nitrogen and oxygen atoms in total. The van der Waals surface area contributed by atoms with Crippen LogP contribution in [0.3, 0.4) is 0 Å². The minimum atomic E-state index is -3.55. The van der Waals surface area contributed by atoms with Crippen molar-refractivity contribution in [3.05, 3.63) is 0 Å². The van der Waals surface area contributed by atoms with Crippen molar-refractivity contribution in [1.82, 2.24) is 4.31 Å². The first-order valence-corrected chi connectivity index (χ1v) is 9.81. The van der Waals surface area contributed by atoms with E-state index in [-0.39, 0.29) is 30.0 Å². The van der Waals surface area contributed by atoms with Crippen molar-refractivity contribution in [3.8, 4) is 0 Å². The molecule has 7 heteroatoms. The molecule has 134 valence electrons. The molecular weight excluding hydrogens is 318 g/mol. The lowest BCUT2D eigenvalue weighted by Gasteiger charge is -2.37. The Bertz CT molecular complexity index is 537. The van der Waals surface area contributed by atoms with E-state index in [1.807, 2.05) is 0 Å². The molecule has 2 atom stereocenters. The fourth-order valence-electron chi connectivity index (χ4n) is 4.29. The number of ketones is 1. The molecule has 0 amide bonds. The average molecular weight is 347 g/mol. The van der Waals surface area contributed by atoms with Crippen LogP contribution in [-0.2, 0) is 24.3 Å². The number of carbonyl (C=O) groups is 1. The summed E-state index contributed by atoms with van der Waals surface area (Å²) < 4.78 is 37.4. The van der Waals surface area contributed by atoms with E-state index in [0.717, 1.165) is 6.42 Å². The van der Waals surface area contributed by atoms with E-state index in [4.69, 9.17) is 9.47 Å². The van der Waals surface area contributed by atoms with E-state index in [2.05, 4.69) is 13.8 Å². The molecule has 0 N–H and O–H groups in total. The largest absolute Gasteiger partial charge is 0.383 e. The lowest BCUT2D eigenvalue weighted by molar-refractivity contribution is -0.128. The normalized spacial score (nSPS) is 29.6. The number of nitrogens with zero attached hydrogens (tertiary/aromatic N) is 1. The first-order chi connectivity index (χ1) is 10.7. The molecule has 0 aromatic heterocycles. The quantitative estimate of drug-likeness (QED) is 0.629. The van der Waals surface area contributed by atoms with Gasteiger partial charge in [-0.1, -0.05) is 13.8 Å². The number of hydrogen-bond donors (Lipinski definition) is 0. The Kier molecular flexibility index (Phi) is 5.55. The Morgan fingerprint density at radius 2 is 1.74 bits per heavy atom. The summed E-state index contributed by atoms with van der Waals surface area (Å²) in [5.74, 6) is 0.354. The third-order valence-corrected chi connectivity index (χ3v) is 8.06. The van der Waals surface area contributed by atoms with Crippen molar-refractivity contribution >= 4 is 15.8 Å². The molecule has 2 rings (SSSR count). The molecule has 2 fully saturated rings. The fourth-order valence-corrected chi connectivity index (χ4v) is 6.48. The summed E-state index contributed by atoms with van der Waals surface area (Å²) in [6, 6.07) is 0. The van der Waals surface area contributed by atoms with Gasteiger partial charge in [-0.05, 0) is 24.2 Å². The number of methoxy groups -OCH3 is 2. The van der Waals surface area contributed by atoms with Crippen molar-refractivity contribution in [2.24, 2.45) is 16.7 Å². The zero-order valence-electron chi connectivity index (χ0n) is 14.6. The summed E-state index contributed by atoms with van der Waals surface area (Å²) in [6.07, 6.45) is 2.16. The molecule has 0 spiro atoms. The highest BCUT2D eigenvalue weighted by Crippen LogP contribution is 2.64. The van der Waals surface area contributed by atoms with Crippen LogP contribution in [0.2, 0.25) is 0 Å². The van der Waals surface area contributed by atoms with Gasteiger partial charge in [0.1, 0.15) is 5.78 Å². The average Bonchev–Trinajstić information content (AvgIpc) is 2.80. The first kappa shape index (κ1) is 18.8. The molecule has 0 saturated heterocycles. The highest BCUT2D eigenvalue weighted by Gasteiger charge is 2.65. The van der Waals surface area contributed by atoms with Crippen LogP contribution in [0.5, 0.6) is 0 Å². The van der Waals surface area contributed by atoms with E-state index in [1.54, 1.807) is 14.2 Å². The molecule has 0 radical (unpaired) electrons. The third kappa shape index (κ3) is 3.21. The number of ether oxygens (including phenoxy) is 2. The minimum absolute atomic E-state index is 0.0875. The molecule has 2 unspecified atom stereocenters. The van der Waals surface area contributed by atoms with Crippen molar-refractivity contribution in [3.63, 3.8) is 0 Å². The van der Waals surface area contributed by atoms with Crippen molar-refractivity contribution in [2.75, 3.05) is 46.3 Å². The molecule has 0 aromatic rings. The van der Waals surface area contributed by atoms with E-state index in [0.29, 0.717) is 32.0 Å². The third-order valence-electron chi connectivity index (χ3n) is 6.05. The van der Waals surface area contributed by atoms with Gasteiger partial charge in [-0.25, -0.2) is 8.42 Å². The van der Waals surface area contributed by atoms with Crippen LogP contribution in [0, 0.1) is 16.7 Å². The van der Waals surface area contributed by atoms with Crippen LogP contribution in [0.4, 0.5) is 0 Å². The van der Waals surface area contributed by atoms with Gasteiger partial charge < -0.3 is 9.47 Å². The number of carbonyl (C=O) groups excluding carboxylic acids is 1. The SMILES string of the molecule is COCCN(CCOC)S(=O)(=O)CC12CCC(CC1=O)C2(C)C. The van der Waals surface area contributed by atoms with Gasteiger partial charge >= 0.3 is 0 Å². The smallest absolute Gasteiger partial charge is 0.215 e. The maximum atomic E-state index is 13.0. The van der Waals surface area contributed by atoms with Crippen LogP contribution >= 0.6 is 0 Å². The highest BCUT2D eigenvalue weighted by molar-refractivity contribution is 7.89. The van der Waals surface area contributed by atoms with Gasteiger partial charge in [-0.3, -0.25) is 4.79 Å². The van der Waals surface area contributed by atoms with Crippen LogP contribution in [0.15, 0.2) is 0 Å². The fraction of sp³-hybridized carbons (Fsp3) is 0.938. The summed E-state index contributed by atoms with van der Waals surface area (Å²) >= 11 is 0. The molecule has 23 heavy (non-hydrogen) atoms. The zero-order chi connectivity index (χ0) is 17.3. The molecule has 0 heterocycles. The Morgan fingerprint density at radius 3 is 2.13 bits per heavy atom. The summed E-state index contributed by atoms with van der Waals surface area (Å²) in [7, 11) is -0.452. The first-order valence-electron chi connectivity index (χ1n) is 8.20. The Balaban J connectivity index is 2.22. The van der Waals surface area contributed by atoms with Gasteiger partial charge in [0.15, 0.2) is 0 Å². The predicted octanol–water partition coefficient (Wildman–Crippen LogP) is 1.31. The lowest BCUT2D eigenvalue weighted by Crippen LogP contribution is -2.47. The van der Waals surface area contributed by atoms with Crippen molar-refractivity contribution in [1.29, 1.82) is 0 Å². The van der Waals surface area contributed by atoms with Crippen LogP contribution in [0.1, 0.15) is 33.1 Å². The zero-order valence-corrected chi connectivity index (χ0v) is 15.4. The molecule has 0 aromatic carbocycles. The second-order valence-corrected chi connectivity index (χ2v) is 9.28. The Hall–Kier alpha value is -0.500. The molecule has 2 saturated carbocycles. The second-order valence-electron chi connectivity index (χ2n) is 7.31. The standard InChI is InChI=1S/C16H29NO5S/c1-15(2)13-5-6-16(15,14(18)11-13)12-23(19,20)17(7-9-21-3)8-10-22-4/h13H,5-12H2,1-4H3. The minimum Gasteiger partial charge on any atom is -0.383 e. The maximum absolute atomic E-state index is 13.0. The van der Waals surface area contributed by atoms with E-state index in [9.17, 15) is 13.2 Å². The van der Waals surface area contributed by atoms with Crippen LogP contribution in [-0.4, -0.2) is 64.8 Å². The summed E-state index contributed by atoms with van der Waals surface area (Å²) in [4.78, 5) is 12.6. The number of rotatable bonds is 9. The number of sulfonamides is 1. The molecule has 2 aliphatic carbocycles. The van der Waals surface area contributed by atoms with E-state index < -0.39 is 15.4 Å². The summed E-state index contributed by atoms with van der Waals surface area (Å²) in [6.45, 7) is 5.35. The highest BCUT2D eigenvalue weighted by atomic mass is 32.2. The van der Waals surface area contributed by atoms with Crippen LogP contribution < -0.4 is 0 Å². The Labute approximate surface area is 139 Å². The number of Topliss-reactive ketones (excluding diaryl/α,β-unsaturated/α-hetero) is 1. The van der Waals surface area contributed by atoms with Gasteiger partial charge in [0.25, 0.3) is 0 Å². The van der Waals surface area contributed by atoms with Crippen molar-refractivity contribution in [2.45, 2.75) is 33.1 Å². The molecule has 0 aliphatic heterocycles. The monoisotopic (exact) mass is 347 g/mol. The topological polar surface area (TPSA) is 72.9 Å². The summed E-state index contributed by atoms with van der Waals surface area (Å²) in [5, 5.41) is 0. The predicted molar refractivity (Wildman–Crippen MR) is 87.7 cm³/mol. The van der Waals surface area contributed by atoms with Gasteiger partial charge in [0.05, 0.1) is 19.0 Å². The van der Waals surface area contributed by atoms with Gasteiger partial charge in [-0.15, -0.1) is 0 Å². The Morgan fingerprint density at radius 1 is 1.17 bits per heavy atom. The molecular formula is C16H29NO5S. The van der Waals surface area contributed by atoms with E-state index >= 15 is 0 Å². The van der Waals surface area contributed by atoms with Gasteiger partial charge in [-0.2, -0.15) is 4.31 Å². The number of hydrogen-bond acceptors (Lipinski definition) is 5. The summed E-state index contributed by atoms with van der Waals surface area (Å²) in [5.41, 5.74) is -0.972.